The number of amides is 1. The minimum absolute atomic E-state index is 0.359. The summed E-state index contributed by atoms with van der Waals surface area (Å²) >= 11 is 1.74. The molecule has 0 aliphatic carbocycles. The Hall–Kier alpha value is -1.29. The van der Waals surface area contributed by atoms with Crippen molar-refractivity contribution in [2.75, 3.05) is 6.54 Å². The fourth-order valence-corrected chi connectivity index (χ4v) is 2.01. The minimum atomic E-state index is -0.436. The molecule has 0 bridgehead atoms. The smallest absolute Gasteiger partial charge is 0.407 e. The standard InChI is InChI=1S/C14H21NO2S/c1-11-9-12(10-18-11)7-5-6-8-15-13(16)17-14(2,3)4/h5,7,9-10H,6,8H2,1-4H3,(H,15,16). The zero-order valence-corrected chi connectivity index (χ0v) is 12.3. The first-order valence-electron chi connectivity index (χ1n) is 6.05. The van der Waals surface area contributed by atoms with E-state index < -0.39 is 5.60 Å². The first-order chi connectivity index (χ1) is 8.37. The number of carbonyl (C=O) groups is 1. The third-order valence-corrected chi connectivity index (χ3v) is 2.92. The lowest BCUT2D eigenvalue weighted by Crippen LogP contribution is -2.32. The van der Waals surface area contributed by atoms with Crippen LogP contribution in [0.1, 0.15) is 37.6 Å². The van der Waals surface area contributed by atoms with Gasteiger partial charge in [0.1, 0.15) is 5.60 Å². The fraction of sp³-hybridized carbons (Fsp3) is 0.500. The van der Waals surface area contributed by atoms with Crippen LogP contribution in [-0.2, 0) is 4.74 Å². The average Bonchev–Trinajstić information content (AvgIpc) is 2.61. The Morgan fingerprint density at radius 3 is 2.78 bits per heavy atom. The topological polar surface area (TPSA) is 38.3 Å². The van der Waals surface area contributed by atoms with Gasteiger partial charge in [-0.1, -0.05) is 12.2 Å². The number of alkyl carbamates (subject to hydrolysis) is 1. The Kier molecular flexibility index (Phi) is 5.41. The number of thiophene rings is 1. The second-order valence-corrected chi connectivity index (χ2v) is 6.23. The lowest BCUT2D eigenvalue weighted by Gasteiger charge is -2.19. The Balaban J connectivity index is 2.19. The molecular weight excluding hydrogens is 246 g/mol. The van der Waals surface area contributed by atoms with E-state index in [0.717, 1.165) is 6.42 Å². The predicted molar refractivity (Wildman–Crippen MR) is 76.9 cm³/mol. The van der Waals surface area contributed by atoms with E-state index in [0.29, 0.717) is 6.54 Å². The molecule has 0 fully saturated rings. The number of hydrogen-bond donors (Lipinski definition) is 1. The molecule has 0 saturated carbocycles. The van der Waals surface area contributed by atoms with Gasteiger partial charge in [0.25, 0.3) is 0 Å². The lowest BCUT2D eigenvalue weighted by atomic mass is 10.2. The molecule has 0 aromatic carbocycles. The van der Waals surface area contributed by atoms with E-state index in [2.05, 4.69) is 35.8 Å². The molecule has 0 spiro atoms. The largest absolute Gasteiger partial charge is 0.444 e. The van der Waals surface area contributed by atoms with Crippen molar-refractivity contribution >= 4 is 23.5 Å². The molecule has 1 aromatic heterocycles. The third-order valence-electron chi connectivity index (χ3n) is 2.04. The molecule has 0 atom stereocenters. The molecular formula is C14H21NO2S. The van der Waals surface area contributed by atoms with Crippen LogP contribution in [-0.4, -0.2) is 18.2 Å². The second kappa shape index (κ2) is 6.59. The maximum absolute atomic E-state index is 11.3. The highest BCUT2D eigenvalue weighted by Crippen LogP contribution is 2.14. The highest BCUT2D eigenvalue weighted by Gasteiger charge is 2.14. The summed E-state index contributed by atoms with van der Waals surface area (Å²) in [4.78, 5) is 12.6. The van der Waals surface area contributed by atoms with Gasteiger partial charge in [0.2, 0.25) is 0 Å². The highest BCUT2D eigenvalue weighted by atomic mass is 32.1. The molecule has 18 heavy (non-hydrogen) atoms. The minimum Gasteiger partial charge on any atom is -0.444 e. The van der Waals surface area contributed by atoms with Crippen LogP contribution >= 0.6 is 11.3 Å². The zero-order chi connectivity index (χ0) is 13.6. The molecule has 4 heteroatoms. The number of carbonyl (C=O) groups excluding carboxylic acids is 1. The lowest BCUT2D eigenvalue weighted by molar-refractivity contribution is 0.0529. The van der Waals surface area contributed by atoms with Gasteiger partial charge in [-0.15, -0.1) is 11.3 Å². The summed E-state index contributed by atoms with van der Waals surface area (Å²) in [6, 6.07) is 2.14. The monoisotopic (exact) mass is 267 g/mol. The second-order valence-electron chi connectivity index (χ2n) is 5.11. The first-order valence-corrected chi connectivity index (χ1v) is 6.93. The number of nitrogens with one attached hydrogen (secondary N) is 1. The summed E-state index contributed by atoms with van der Waals surface area (Å²) in [5.41, 5.74) is 0.781. The van der Waals surface area contributed by atoms with E-state index in [1.165, 1.54) is 10.4 Å². The molecule has 3 nitrogen and oxygen atoms in total. The number of rotatable bonds is 4. The fourth-order valence-electron chi connectivity index (χ4n) is 1.34. The van der Waals surface area contributed by atoms with Gasteiger partial charge in [0.05, 0.1) is 0 Å². The predicted octanol–water partition coefficient (Wildman–Crippen LogP) is 3.98. The van der Waals surface area contributed by atoms with Crippen LogP contribution in [0.15, 0.2) is 17.5 Å². The van der Waals surface area contributed by atoms with Crippen molar-refractivity contribution < 1.29 is 9.53 Å². The van der Waals surface area contributed by atoms with Crippen molar-refractivity contribution in [1.29, 1.82) is 0 Å². The summed E-state index contributed by atoms with van der Waals surface area (Å²) in [6.45, 7) is 8.24. The van der Waals surface area contributed by atoms with Gasteiger partial charge in [-0.05, 0) is 51.1 Å². The van der Waals surface area contributed by atoms with E-state index in [9.17, 15) is 4.79 Å². The van der Waals surface area contributed by atoms with Gasteiger partial charge in [-0.25, -0.2) is 4.79 Å². The van der Waals surface area contributed by atoms with Gasteiger partial charge in [0, 0.05) is 11.4 Å². The zero-order valence-electron chi connectivity index (χ0n) is 11.4. The third kappa shape index (κ3) is 6.45. The van der Waals surface area contributed by atoms with Gasteiger partial charge in [-0.3, -0.25) is 0 Å². The quantitative estimate of drug-likeness (QED) is 0.838. The van der Waals surface area contributed by atoms with Crippen LogP contribution in [0.25, 0.3) is 6.08 Å². The van der Waals surface area contributed by atoms with E-state index >= 15 is 0 Å². The first kappa shape index (κ1) is 14.8. The molecule has 0 aliphatic heterocycles. The summed E-state index contributed by atoms with van der Waals surface area (Å²) < 4.78 is 5.13. The van der Waals surface area contributed by atoms with Crippen molar-refractivity contribution in [2.45, 2.75) is 39.7 Å². The Bertz CT molecular complexity index is 416. The number of aryl methyl sites for hydroxylation is 1. The normalized spacial score (nSPS) is 11.8. The van der Waals surface area contributed by atoms with Crippen molar-refractivity contribution in [3.8, 4) is 0 Å². The van der Waals surface area contributed by atoms with Crippen LogP contribution in [0, 0.1) is 6.92 Å². The Morgan fingerprint density at radius 1 is 1.50 bits per heavy atom. The Morgan fingerprint density at radius 2 is 2.22 bits per heavy atom. The highest BCUT2D eigenvalue weighted by molar-refractivity contribution is 7.10. The van der Waals surface area contributed by atoms with Crippen LogP contribution in [0.4, 0.5) is 4.79 Å². The molecule has 1 aromatic rings. The molecule has 0 unspecified atom stereocenters. The van der Waals surface area contributed by atoms with Gasteiger partial charge >= 0.3 is 6.09 Å². The van der Waals surface area contributed by atoms with Crippen LogP contribution in [0.5, 0.6) is 0 Å². The van der Waals surface area contributed by atoms with Crippen LogP contribution in [0.2, 0.25) is 0 Å². The van der Waals surface area contributed by atoms with Crippen molar-refractivity contribution in [3.63, 3.8) is 0 Å². The maximum atomic E-state index is 11.3. The van der Waals surface area contributed by atoms with Crippen LogP contribution < -0.4 is 5.32 Å². The molecule has 100 valence electrons. The Labute approximate surface area is 113 Å². The summed E-state index contributed by atoms with van der Waals surface area (Å²) in [5.74, 6) is 0. The number of hydrogen-bond acceptors (Lipinski definition) is 3. The van der Waals surface area contributed by atoms with Gasteiger partial charge in [0.15, 0.2) is 0 Å². The summed E-state index contributed by atoms with van der Waals surface area (Å²) in [7, 11) is 0. The molecule has 1 rings (SSSR count). The molecule has 1 amide bonds. The molecule has 0 aliphatic rings. The summed E-state index contributed by atoms with van der Waals surface area (Å²) in [6.07, 6.45) is 4.56. The van der Waals surface area contributed by atoms with Crippen LogP contribution in [0.3, 0.4) is 0 Å². The van der Waals surface area contributed by atoms with E-state index in [1.807, 2.05) is 20.8 Å². The van der Waals surface area contributed by atoms with Crippen molar-refractivity contribution in [3.05, 3.63) is 28.0 Å². The van der Waals surface area contributed by atoms with Gasteiger partial charge in [-0.2, -0.15) is 0 Å². The van der Waals surface area contributed by atoms with Gasteiger partial charge < -0.3 is 10.1 Å². The van der Waals surface area contributed by atoms with Crippen molar-refractivity contribution in [2.24, 2.45) is 0 Å². The van der Waals surface area contributed by atoms with E-state index in [1.54, 1.807) is 11.3 Å². The SMILES string of the molecule is Cc1cc(C=CCCNC(=O)OC(C)(C)C)cs1. The van der Waals surface area contributed by atoms with Crippen molar-refractivity contribution in [1.82, 2.24) is 5.32 Å². The molecule has 0 saturated heterocycles. The van der Waals surface area contributed by atoms with E-state index in [-0.39, 0.29) is 6.09 Å². The van der Waals surface area contributed by atoms with E-state index in [4.69, 9.17) is 4.74 Å². The average molecular weight is 267 g/mol. The summed E-state index contributed by atoms with van der Waals surface area (Å²) in [5, 5.41) is 4.84. The molecule has 1 heterocycles. The molecule has 0 radical (unpaired) electrons. The molecule has 1 N–H and O–H groups in total. The number of ether oxygens (including phenoxy) is 1. The maximum Gasteiger partial charge on any atom is 0.407 e.